The lowest BCUT2D eigenvalue weighted by Crippen LogP contribution is -2.24. The van der Waals surface area contributed by atoms with Gasteiger partial charge in [0.25, 0.3) is 5.91 Å². The third-order valence-electron chi connectivity index (χ3n) is 4.40. The number of carbonyl (C=O) groups is 1. The highest BCUT2D eigenvalue weighted by molar-refractivity contribution is 6.07. The summed E-state index contributed by atoms with van der Waals surface area (Å²) in [6, 6.07) is 4.47. The van der Waals surface area contributed by atoms with Crippen molar-refractivity contribution in [3.63, 3.8) is 0 Å². The van der Waals surface area contributed by atoms with Crippen molar-refractivity contribution >= 4 is 22.9 Å². The molecule has 0 saturated heterocycles. The van der Waals surface area contributed by atoms with E-state index in [4.69, 9.17) is 0 Å². The van der Waals surface area contributed by atoms with E-state index in [9.17, 15) is 9.18 Å². The molecule has 0 atom stereocenters. The van der Waals surface area contributed by atoms with Gasteiger partial charge >= 0.3 is 0 Å². The van der Waals surface area contributed by atoms with Gasteiger partial charge in [-0.05, 0) is 44.0 Å². The van der Waals surface area contributed by atoms with Gasteiger partial charge in [0.2, 0.25) is 0 Å². The summed E-state index contributed by atoms with van der Waals surface area (Å²) in [6.45, 7) is 9.34. The fourth-order valence-electron chi connectivity index (χ4n) is 2.94. The van der Waals surface area contributed by atoms with Crippen LogP contribution >= 0.6 is 0 Å². The second kappa shape index (κ2) is 7.58. The van der Waals surface area contributed by atoms with E-state index in [1.807, 2.05) is 0 Å². The van der Waals surface area contributed by atoms with E-state index in [0.717, 1.165) is 30.8 Å². The maximum absolute atomic E-state index is 14.2. The van der Waals surface area contributed by atoms with Crippen LogP contribution in [0.1, 0.15) is 41.9 Å². The lowest BCUT2D eigenvalue weighted by Gasteiger charge is -2.18. The Hall–Kier alpha value is -2.86. The molecule has 2 aromatic rings. The fourth-order valence-corrected chi connectivity index (χ4v) is 2.94. The molecule has 134 valence electrons. The van der Waals surface area contributed by atoms with Crippen molar-refractivity contribution in [2.75, 3.05) is 18.4 Å². The van der Waals surface area contributed by atoms with Gasteiger partial charge in [0.15, 0.2) is 5.82 Å². The van der Waals surface area contributed by atoms with Crippen molar-refractivity contribution in [1.82, 2.24) is 15.3 Å². The second-order valence-electron chi connectivity index (χ2n) is 6.37. The summed E-state index contributed by atoms with van der Waals surface area (Å²) in [5.74, 6) is -0.892. The average Bonchev–Trinajstić information content (AvgIpc) is 2.62. The molecule has 0 spiro atoms. The average molecular weight is 352 g/mol. The SMILES string of the molecule is C=C(C)c1cccc(F)c1C(=O)Nc1cnc(C2=C(C)CCNC2)cn1. The van der Waals surface area contributed by atoms with Crippen molar-refractivity contribution in [1.29, 1.82) is 0 Å². The Morgan fingerprint density at radius 2 is 2.12 bits per heavy atom. The van der Waals surface area contributed by atoms with Crippen LogP contribution in [-0.2, 0) is 0 Å². The van der Waals surface area contributed by atoms with E-state index in [0.29, 0.717) is 11.1 Å². The molecule has 0 fully saturated rings. The topological polar surface area (TPSA) is 66.9 Å². The second-order valence-corrected chi connectivity index (χ2v) is 6.37. The summed E-state index contributed by atoms with van der Waals surface area (Å²) in [5.41, 5.74) is 4.24. The van der Waals surface area contributed by atoms with Gasteiger partial charge in [-0.25, -0.2) is 9.37 Å². The number of hydrogen-bond donors (Lipinski definition) is 2. The van der Waals surface area contributed by atoms with Crippen LogP contribution in [0.25, 0.3) is 11.1 Å². The van der Waals surface area contributed by atoms with Gasteiger partial charge in [0.05, 0.1) is 23.7 Å². The highest BCUT2D eigenvalue weighted by Crippen LogP contribution is 2.23. The van der Waals surface area contributed by atoms with Crippen LogP contribution in [0, 0.1) is 5.82 Å². The van der Waals surface area contributed by atoms with Crippen molar-refractivity contribution in [2.45, 2.75) is 20.3 Å². The minimum Gasteiger partial charge on any atom is -0.312 e. The Balaban J connectivity index is 1.82. The van der Waals surface area contributed by atoms with Crippen molar-refractivity contribution in [2.24, 2.45) is 0 Å². The molecule has 26 heavy (non-hydrogen) atoms. The summed E-state index contributed by atoms with van der Waals surface area (Å²) in [4.78, 5) is 21.2. The number of rotatable bonds is 4. The van der Waals surface area contributed by atoms with Gasteiger partial charge in [0.1, 0.15) is 5.82 Å². The molecule has 0 radical (unpaired) electrons. The maximum Gasteiger partial charge on any atom is 0.260 e. The zero-order chi connectivity index (χ0) is 18.7. The van der Waals surface area contributed by atoms with Crippen LogP contribution in [0.15, 0.2) is 42.7 Å². The number of nitrogens with zero attached hydrogens (tertiary/aromatic N) is 2. The van der Waals surface area contributed by atoms with Crippen LogP contribution in [-0.4, -0.2) is 29.0 Å². The molecule has 1 aliphatic heterocycles. The van der Waals surface area contributed by atoms with Crippen LogP contribution in [0.5, 0.6) is 0 Å². The van der Waals surface area contributed by atoms with Crippen LogP contribution in [0.3, 0.4) is 0 Å². The molecule has 0 bridgehead atoms. The van der Waals surface area contributed by atoms with E-state index < -0.39 is 11.7 Å². The minimum atomic E-state index is -0.596. The van der Waals surface area contributed by atoms with E-state index in [1.165, 1.54) is 17.8 Å². The molecule has 2 heterocycles. The smallest absolute Gasteiger partial charge is 0.260 e. The number of aromatic nitrogens is 2. The predicted molar refractivity (Wildman–Crippen MR) is 101 cm³/mol. The summed E-state index contributed by atoms with van der Waals surface area (Å²) >= 11 is 0. The molecule has 6 heteroatoms. The number of benzene rings is 1. The first-order valence-corrected chi connectivity index (χ1v) is 8.45. The Morgan fingerprint density at radius 3 is 2.77 bits per heavy atom. The molecule has 3 rings (SSSR count). The molecule has 5 nitrogen and oxygen atoms in total. The van der Waals surface area contributed by atoms with Gasteiger partial charge in [0, 0.05) is 6.54 Å². The molecule has 1 aromatic carbocycles. The summed E-state index contributed by atoms with van der Waals surface area (Å²) in [7, 11) is 0. The van der Waals surface area contributed by atoms with Crippen LogP contribution in [0.2, 0.25) is 0 Å². The monoisotopic (exact) mass is 352 g/mol. The number of halogens is 1. The molecular weight excluding hydrogens is 331 g/mol. The molecule has 1 amide bonds. The number of allylic oxidation sites excluding steroid dienone is 1. The molecule has 1 aliphatic rings. The molecule has 0 aliphatic carbocycles. The quantitative estimate of drug-likeness (QED) is 0.881. The number of amides is 1. The predicted octanol–water partition coefficient (Wildman–Crippen LogP) is 3.67. The molecular formula is C20H21FN4O. The van der Waals surface area contributed by atoms with E-state index in [-0.39, 0.29) is 11.4 Å². The molecule has 0 unspecified atom stereocenters. The Labute approximate surface area is 152 Å². The van der Waals surface area contributed by atoms with Crippen molar-refractivity contribution < 1.29 is 9.18 Å². The zero-order valence-corrected chi connectivity index (χ0v) is 14.9. The van der Waals surface area contributed by atoms with E-state index in [2.05, 4.69) is 34.1 Å². The van der Waals surface area contributed by atoms with Gasteiger partial charge < -0.3 is 10.6 Å². The molecule has 0 saturated carbocycles. The first-order valence-electron chi connectivity index (χ1n) is 8.45. The first-order chi connectivity index (χ1) is 12.5. The largest absolute Gasteiger partial charge is 0.312 e. The van der Waals surface area contributed by atoms with E-state index >= 15 is 0 Å². The highest BCUT2D eigenvalue weighted by Gasteiger charge is 2.18. The Morgan fingerprint density at radius 1 is 1.31 bits per heavy atom. The van der Waals surface area contributed by atoms with E-state index in [1.54, 1.807) is 25.3 Å². The first kappa shape index (κ1) is 17.9. The fraction of sp³-hybridized carbons (Fsp3) is 0.250. The Kier molecular flexibility index (Phi) is 5.23. The van der Waals surface area contributed by atoms with Gasteiger partial charge in [-0.3, -0.25) is 9.78 Å². The van der Waals surface area contributed by atoms with Crippen molar-refractivity contribution in [3.8, 4) is 0 Å². The number of hydrogen-bond acceptors (Lipinski definition) is 4. The van der Waals surface area contributed by atoms with Crippen LogP contribution in [0.4, 0.5) is 10.2 Å². The summed E-state index contributed by atoms with van der Waals surface area (Å²) in [6.07, 6.45) is 4.10. The molecule has 2 N–H and O–H groups in total. The highest BCUT2D eigenvalue weighted by atomic mass is 19.1. The lowest BCUT2D eigenvalue weighted by molar-refractivity contribution is 0.102. The number of nitrogens with one attached hydrogen (secondary N) is 2. The number of anilines is 1. The van der Waals surface area contributed by atoms with Gasteiger partial charge in [-0.1, -0.05) is 29.9 Å². The standard InChI is InChI=1S/C20H21FN4O/c1-12(2)14-5-4-6-16(21)19(14)20(26)25-18-11-23-17(10-24-18)15-9-22-8-7-13(15)3/h4-6,10-11,22H,1,7-9H2,2-3H3,(H,24,25,26). The normalized spacial score (nSPS) is 14.3. The maximum atomic E-state index is 14.2. The van der Waals surface area contributed by atoms with Gasteiger partial charge in [-0.15, -0.1) is 0 Å². The van der Waals surface area contributed by atoms with Crippen LogP contribution < -0.4 is 10.6 Å². The lowest BCUT2D eigenvalue weighted by atomic mass is 10.0. The number of carbonyl (C=O) groups excluding carboxylic acids is 1. The summed E-state index contributed by atoms with van der Waals surface area (Å²) < 4.78 is 14.2. The minimum absolute atomic E-state index is 0.0408. The molecule has 1 aromatic heterocycles. The third-order valence-corrected chi connectivity index (χ3v) is 4.40. The Bertz CT molecular complexity index is 887. The summed E-state index contributed by atoms with van der Waals surface area (Å²) in [5, 5.41) is 5.92. The zero-order valence-electron chi connectivity index (χ0n) is 14.9. The van der Waals surface area contributed by atoms with Gasteiger partial charge in [-0.2, -0.15) is 0 Å². The van der Waals surface area contributed by atoms with Crippen molar-refractivity contribution in [3.05, 3.63) is 65.4 Å². The third kappa shape index (κ3) is 3.70.